The number of pyridine rings is 1. The van der Waals surface area contributed by atoms with Crippen molar-refractivity contribution in [3.8, 4) is 17.4 Å². The molecule has 0 bridgehead atoms. The fraction of sp³-hybridized carbons (Fsp3) is 0.270. The lowest BCUT2D eigenvalue weighted by Gasteiger charge is -2.37. The Morgan fingerprint density at radius 3 is 2.27 bits per heavy atom. The number of methoxy groups -OCH3 is 1. The number of piperidine rings is 1. The van der Waals surface area contributed by atoms with Gasteiger partial charge in [0.15, 0.2) is 0 Å². The highest BCUT2D eigenvalue weighted by molar-refractivity contribution is 6.04. The number of ether oxygens (including phenoxy) is 2. The molecule has 2 amide bonds. The lowest BCUT2D eigenvalue weighted by atomic mass is 10.0. The van der Waals surface area contributed by atoms with Gasteiger partial charge in [0.05, 0.1) is 24.6 Å². The quantitative estimate of drug-likeness (QED) is 0.176. The highest BCUT2D eigenvalue weighted by atomic mass is 19.4. The van der Waals surface area contributed by atoms with E-state index in [0.29, 0.717) is 36.3 Å². The molecule has 6 rings (SSSR count). The van der Waals surface area contributed by atoms with Gasteiger partial charge in [0, 0.05) is 55.3 Å². The lowest BCUT2D eigenvalue weighted by molar-refractivity contribution is -0.137. The molecular formula is C37H36F3N5O4. The molecule has 254 valence electrons. The number of rotatable bonds is 9. The van der Waals surface area contributed by atoms with Crippen molar-refractivity contribution in [3.63, 3.8) is 0 Å². The smallest absolute Gasteiger partial charge is 0.416 e. The van der Waals surface area contributed by atoms with Crippen LogP contribution in [0.3, 0.4) is 0 Å². The largest absolute Gasteiger partial charge is 0.497 e. The van der Waals surface area contributed by atoms with Gasteiger partial charge in [-0.1, -0.05) is 12.1 Å². The maximum atomic E-state index is 13.6. The molecule has 2 aromatic heterocycles. The zero-order valence-electron chi connectivity index (χ0n) is 27.3. The molecule has 0 unspecified atom stereocenters. The summed E-state index contributed by atoms with van der Waals surface area (Å²) in [5.74, 6) is 1.07. The van der Waals surface area contributed by atoms with Crippen LogP contribution in [0.25, 0.3) is 10.9 Å². The van der Waals surface area contributed by atoms with Crippen LogP contribution < -0.4 is 14.8 Å². The van der Waals surface area contributed by atoms with Crippen LogP contribution in [-0.2, 0) is 19.8 Å². The molecule has 1 saturated heterocycles. The molecular weight excluding hydrogens is 635 g/mol. The molecule has 1 fully saturated rings. The SMILES string of the molecule is COc1ccc(CN(C)C2CCN(C(=O)c3cc4cc(Oc5ccc(NC(=O)c6ccc(C(F)(F)F)cc6)cn5)ccc4n3C)CC2)cc1. The summed E-state index contributed by atoms with van der Waals surface area (Å²) in [6.45, 7) is 2.19. The van der Waals surface area contributed by atoms with E-state index in [-0.39, 0.29) is 17.4 Å². The number of carbonyl (C=O) groups excluding carboxylic acids is 2. The topological polar surface area (TPSA) is 88.9 Å². The van der Waals surface area contributed by atoms with E-state index in [0.717, 1.165) is 60.3 Å². The predicted octanol–water partition coefficient (Wildman–Crippen LogP) is 7.38. The highest BCUT2D eigenvalue weighted by Crippen LogP contribution is 2.30. The van der Waals surface area contributed by atoms with Crippen molar-refractivity contribution in [2.45, 2.75) is 31.6 Å². The van der Waals surface area contributed by atoms with Gasteiger partial charge in [-0.05, 0) is 92.2 Å². The molecule has 3 heterocycles. The Hall–Kier alpha value is -5.36. The molecule has 5 aromatic rings. The second-order valence-electron chi connectivity index (χ2n) is 12.1. The molecule has 1 aliphatic rings. The summed E-state index contributed by atoms with van der Waals surface area (Å²) >= 11 is 0. The normalized spacial score (nSPS) is 13.9. The number of aromatic nitrogens is 2. The summed E-state index contributed by atoms with van der Waals surface area (Å²) in [5, 5.41) is 3.46. The molecule has 9 nitrogen and oxygen atoms in total. The van der Waals surface area contributed by atoms with Crippen molar-refractivity contribution in [1.29, 1.82) is 0 Å². The third-order valence-corrected chi connectivity index (χ3v) is 8.89. The molecule has 1 N–H and O–H groups in total. The lowest BCUT2D eigenvalue weighted by Crippen LogP contribution is -2.45. The van der Waals surface area contributed by atoms with Gasteiger partial charge < -0.3 is 24.3 Å². The van der Waals surface area contributed by atoms with Crippen molar-refractivity contribution in [2.75, 3.05) is 32.6 Å². The van der Waals surface area contributed by atoms with Crippen molar-refractivity contribution in [1.82, 2.24) is 19.4 Å². The highest BCUT2D eigenvalue weighted by Gasteiger charge is 2.30. The second kappa shape index (κ2) is 14.0. The van der Waals surface area contributed by atoms with Gasteiger partial charge in [-0.2, -0.15) is 13.2 Å². The third-order valence-electron chi connectivity index (χ3n) is 8.89. The van der Waals surface area contributed by atoms with Crippen LogP contribution in [0, 0.1) is 0 Å². The van der Waals surface area contributed by atoms with Gasteiger partial charge in [0.2, 0.25) is 5.88 Å². The van der Waals surface area contributed by atoms with E-state index < -0.39 is 17.6 Å². The number of alkyl halides is 3. The standard InChI is InChI=1S/C37H36F3N5O4/c1-43(23-24-4-11-30(48-3)12-5-24)29-16-18-45(19-17-29)36(47)33-21-26-20-31(13-14-32(26)44(33)2)49-34-15-10-28(22-41-34)42-35(46)25-6-8-27(9-7-25)37(38,39)40/h4-15,20-22,29H,16-19,23H2,1-3H3,(H,42,46). The number of amides is 2. The number of halogens is 3. The van der Waals surface area contributed by atoms with E-state index in [1.165, 1.54) is 11.8 Å². The minimum Gasteiger partial charge on any atom is -0.497 e. The summed E-state index contributed by atoms with van der Waals surface area (Å²) in [5.41, 5.74) is 2.32. The van der Waals surface area contributed by atoms with Crippen molar-refractivity contribution in [3.05, 3.63) is 114 Å². The molecule has 1 aliphatic heterocycles. The summed E-state index contributed by atoms with van der Waals surface area (Å²) in [6.07, 6.45) is -1.29. The zero-order chi connectivity index (χ0) is 34.7. The van der Waals surface area contributed by atoms with Gasteiger partial charge in [0.1, 0.15) is 17.2 Å². The van der Waals surface area contributed by atoms with E-state index in [4.69, 9.17) is 9.47 Å². The number of anilines is 1. The fourth-order valence-electron chi connectivity index (χ4n) is 6.07. The molecule has 0 spiro atoms. The number of fused-ring (bicyclic) bond motifs is 1. The number of carbonyl (C=O) groups is 2. The monoisotopic (exact) mass is 671 g/mol. The maximum absolute atomic E-state index is 13.6. The van der Waals surface area contributed by atoms with Gasteiger partial charge in [0.25, 0.3) is 11.8 Å². The fourth-order valence-corrected chi connectivity index (χ4v) is 6.07. The first-order valence-corrected chi connectivity index (χ1v) is 15.8. The number of nitrogens with zero attached hydrogens (tertiary/aromatic N) is 4. The first-order valence-electron chi connectivity index (χ1n) is 15.8. The number of benzene rings is 3. The Labute approximate surface area is 281 Å². The average Bonchev–Trinajstić information content (AvgIpc) is 3.44. The summed E-state index contributed by atoms with van der Waals surface area (Å²) < 4.78 is 51.5. The Morgan fingerprint density at radius 1 is 0.939 bits per heavy atom. The Kier molecular flexibility index (Phi) is 9.59. The second-order valence-corrected chi connectivity index (χ2v) is 12.1. The van der Waals surface area contributed by atoms with Crippen LogP contribution >= 0.6 is 0 Å². The Balaban J connectivity index is 1.04. The van der Waals surface area contributed by atoms with Crippen LogP contribution in [0.2, 0.25) is 0 Å². The molecule has 12 heteroatoms. The van der Waals surface area contributed by atoms with E-state index >= 15 is 0 Å². The average molecular weight is 672 g/mol. The van der Waals surface area contributed by atoms with E-state index in [1.807, 2.05) is 46.8 Å². The zero-order valence-corrected chi connectivity index (χ0v) is 27.3. The minimum absolute atomic E-state index is 0.00646. The molecule has 0 aliphatic carbocycles. The van der Waals surface area contributed by atoms with E-state index in [2.05, 4.69) is 34.4 Å². The van der Waals surface area contributed by atoms with Gasteiger partial charge >= 0.3 is 6.18 Å². The van der Waals surface area contributed by atoms with Crippen molar-refractivity contribution in [2.24, 2.45) is 7.05 Å². The van der Waals surface area contributed by atoms with Crippen LogP contribution in [-0.4, -0.2) is 64.5 Å². The van der Waals surface area contributed by atoms with E-state index in [9.17, 15) is 22.8 Å². The van der Waals surface area contributed by atoms with Crippen LogP contribution in [0.1, 0.15) is 44.8 Å². The first-order chi connectivity index (χ1) is 23.5. The van der Waals surface area contributed by atoms with Crippen LogP contribution in [0.15, 0.2) is 91.1 Å². The summed E-state index contributed by atoms with van der Waals surface area (Å²) in [4.78, 5) is 34.6. The summed E-state index contributed by atoms with van der Waals surface area (Å²) in [7, 11) is 5.67. The van der Waals surface area contributed by atoms with E-state index in [1.54, 1.807) is 25.3 Å². The minimum atomic E-state index is -4.48. The number of aryl methyl sites for hydroxylation is 1. The number of nitrogens with one attached hydrogen (secondary N) is 1. The van der Waals surface area contributed by atoms with Crippen molar-refractivity contribution < 1.29 is 32.2 Å². The molecule has 0 atom stereocenters. The van der Waals surface area contributed by atoms with Gasteiger partial charge in [-0.3, -0.25) is 14.5 Å². The Morgan fingerprint density at radius 2 is 1.63 bits per heavy atom. The number of likely N-dealkylation sites (tertiary alicyclic amines) is 1. The maximum Gasteiger partial charge on any atom is 0.416 e. The van der Waals surface area contributed by atoms with Crippen LogP contribution in [0.4, 0.5) is 18.9 Å². The molecule has 0 radical (unpaired) electrons. The molecule has 3 aromatic carbocycles. The van der Waals surface area contributed by atoms with Crippen LogP contribution in [0.5, 0.6) is 17.4 Å². The Bertz CT molecular complexity index is 1930. The third kappa shape index (κ3) is 7.70. The van der Waals surface area contributed by atoms with Crippen molar-refractivity contribution >= 4 is 28.4 Å². The first kappa shape index (κ1) is 33.5. The molecule has 0 saturated carbocycles. The van der Waals surface area contributed by atoms with Gasteiger partial charge in [-0.25, -0.2) is 4.98 Å². The van der Waals surface area contributed by atoms with Gasteiger partial charge in [-0.15, -0.1) is 0 Å². The molecule has 49 heavy (non-hydrogen) atoms. The number of hydrogen-bond donors (Lipinski definition) is 1. The predicted molar refractivity (Wildman–Crippen MR) is 180 cm³/mol. The number of hydrogen-bond acceptors (Lipinski definition) is 6. The summed E-state index contributed by atoms with van der Waals surface area (Å²) in [6, 6.07) is 23.0.